The van der Waals surface area contributed by atoms with Crippen LogP contribution in [0.15, 0.2) is 24.3 Å². The molecule has 0 aliphatic heterocycles. The van der Waals surface area contributed by atoms with Gasteiger partial charge in [-0.05, 0) is 30.0 Å². The monoisotopic (exact) mass is 217 g/mol. The fraction of sp³-hybridized carbons (Fsp3) is 0.500. The van der Waals surface area contributed by atoms with Crippen LogP contribution in [-0.2, 0) is 10.2 Å². The summed E-state index contributed by atoms with van der Waals surface area (Å²) in [6.45, 7) is 4.44. The Kier molecular flexibility index (Phi) is 2.85. The van der Waals surface area contributed by atoms with Crippen LogP contribution in [0.5, 0.6) is 0 Å². The summed E-state index contributed by atoms with van der Waals surface area (Å²) < 4.78 is 0. The minimum Gasteiger partial charge on any atom is -0.307 e. The van der Waals surface area contributed by atoms with Crippen molar-refractivity contribution < 1.29 is 4.79 Å². The highest BCUT2D eigenvalue weighted by molar-refractivity contribution is 5.86. The summed E-state index contributed by atoms with van der Waals surface area (Å²) in [6, 6.07) is 8.17. The molecule has 1 aliphatic carbocycles. The zero-order valence-electron chi connectivity index (χ0n) is 10.2. The molecule has 2 heteroatoms. The first-order chi connectivity index (χ1) is 7.56. The van der Waals surface area contributed by atoms with Gasteiger partial charge in [0.2, 0.25) is 0 Å². The molecule has 1 aromatic carbocycles. The van der Waals surface area contributed by atoms with Gasteiger partial charge in [-0.25, -0.2) is 0 Å². The van der Waals surface area contributed by atoms with Crippen LogP contribution in [0.2, 0.25) is 0 Å². The quantitative estimate of drug-likeness (QED) is 0.733. The normalized spacial score (nSPS) is 23.7. The Morgan fingerprint density at radius 2 is 2.00 bits per heavy atom. The summed E-state index contributed by atoms with van der Waals surface area (Å²) in [6.07, 6.45) is 1.59. The SMILES string of the molecule is CNC1C(=O)CCC(C)(C)c2ccccc21. The molecule has 2 nitrogen and oxygen atoms in total. The smallest absolute Gasteiger partial charge is 0.154 e. The number of Topliss-reactive ketones (excluding diaryl/α,β-unsaturated/α-hetero) is 1. The second-order valence-corrected chi connectivity index (χ2v) is 5.16. The van der Waals surface area contributed by atoms with Crippen LogP contribution in [-0.4, -0.2) is 12.8 Å². The maximum atomic E-state index is 12.0. The Morgan fingerprint density at radius 3 is 2.69 bits per heavy atom. The molecule has 0 aromatic heterocycles. The highest BCUT2D eigenvalue weighted by Gasteiger charge is 2.33. The van der Waals surface area contributed by atoms with Crippen LogP contribution >= 0.6 is 0 Å². The largest absolute Gasteiger partial charge is 0.307 e. The van der Waals surface area contributed by atoms with Gasteiger partial charge in [-0.1, -0.05) is 38.1 Å². The first kappa shape index (κ1) is 11.3. The summed E-state index contributed by atoms with van der Waals surface area (Å²) in [5.41, 5.74) is 2.55. The number of likely N-dealkylation sites (N-methyl/N-ethyl adjacent to an activating group) is 1. The third kappa shape index (κ3) is 1.78. The molecule has 1 aliphatic rings. The molecule has 16 heavy (non-hydrogen) atoms. The predicted molar refractivity (Wildman–Crippen MR) is 65.5 cm³/mol. The standard InChI is InChI=1S/C14H19NO/c1-14(2)9-8-12(16)13(15-3)10-6-4-5-7-11(10)14/h4-7,13,15H,8-9H2,1-3H3. The fourth-order valence-corrected chi connectivity index (χ4v) is 2.57. The third-order valence-electron chi connectivity index (χ3n) is 3.61. The Labute approximate surface area is 97.1 Å². The van der Waals surface area contributed by atoms with E-state index in [9.17, 15) is 4.79 Å². The molecule has 1 unspecified atom stereocenters. The average molecular weight is 217 g/mol. The zero-order chi connectivity index (χ0) is 11.8. The number of benzene rings is 1. The van der Waals surface area contributed by atoms with Gasteiger partial charge in [-0.3, -0.25) is 4.79 Å². The van der Waals surface area contributed by atoms with Gasteiger partial charge < -0.3 is 5.32 Å². The van der Waals surface area contributed by atoms with Gasteiger partial charge in [0.05, 0.1) is 6.04 Å². The first-order valence-electron chi connectivity index (χ1n) is 5.85. The molecular weight excluding hydrogens is 198 g/mol. The Bertz CT molecular complexity index is 409. The predicted octanol–water partition coefficient (Wildman–Crippen LogP) is 2.59. The summed E-state index contributed by atoms with van der Waals surface area (Å²) >= 11 is 0. The molecule has 0 bridgehead atoms. The van der Waals surface area contributed by atoms with Crippen LogP contribution in [0.4, 0.5) is 0 Å². The van der Waals surface area contributed by atoms with E-state index in [1.807, 2.05) is 13.1 Å². The maximum Gasteiger partial charge on any atom is 0.154 e. The molecule has 0 saturated carbocycles. The molecule has 0 amide bonds. The van der Waals surface area contributed by atoms with Crippen molar-refractivity contribution in [1.29, 1.82) is 0 Å². The van der Waals surface area contributed by atoms with Gasteiger partial charge in [-0.2, -0.15) is 0 Å². The van der Waals surface area contributed by atoms with Crippen molar-refractivity contribution in [2.75, 3.05) is 7.05 Å². The van der Waals surface area contributed by atoms with Crippen LogP contribution in [0.25, 0.3) is 0 Å². The van der Waals surface area contributed by atoms with E-state index < -0.39 is 0 Å². The van der Waals surface area contributed by atoms with Crippen molar-refractivity contribution in [2.45, 2.75) is 38.1 Å². The summed E-state index contributed by atoms with van der Waals surface area (Å²) in [4.78, 5) is 12.0. The first-order valence-corrected chi connectivity index (χ1v) is 5.85. The van der Waals surface area contributed by atoms with Gasteiger partial charge in [0.15, 0.2) is 5.78 Å². The van der Waals surface area contributed by atoms with Gasteiger partial charge in [0.1, 0.15) is 0 Å². The van der Waals surface area contributed by atoms with E-state index in [0.29, 0.717) is 12.2 Å². The Hall–Kier alpha value is -1.15. The molecular formula is C14H19NO. The van der Waals surface area contributed by atoms with Crippen molar-refractivity contribution in [2.24, 2.45) is 0 Å². The number of nitrogens with one attached hydrogen (secondary N) is 1. The number of carbonyl (C=O) groups excluding carboxylic acids is 1. The second-order valence-electron chi connectivity index (χ2n) is 5.16. The van der Waals surface area contributed by atoms with Crippen molar-refractivity contribution in [3.05, 3.63) is 35.4 Å². The summed E-state index contributed by atoms with van der Waals surface area (Å²) in [5.74, 6) is 0.306. The van der Waals surface area contributed by atoms with E-state index in [-0.39, 0.29) is 11.5 Å². The van der Waals surface area contributed by atoms with E-state index >= 15 is 0 Å². The van der Waals surface area contributed by atoms with Gasteiger partial charge >= 0.3 is 0 Å². The number of carbonyl (C=O) groups is 1. The summed E-state index contributed by atoms with van der Waals surface area (Å²) in [7, 11) is 1.86. The lowest BCUT2D eigenvalue weighted by Gasteiger charge is -2.25. The molecule has 0 spiro atoms. The van der Waals surface area contributed by atoms with Crippen molar-refractivity contribution in [3.63, 3.8) is 0 Å². The number of hydrogen-bond donors (Lipinski definition) is 1. The minimum atomic E-state index is -0.127. The van der Waals surface area contributed by atoms with E-state index in [4.69, 9.17) is 0 Å². The number of hydrogen-bond acceptors (Lipinski definition) is 2. The van der Waals surface area contributed by atoms with Crippen molar-refractivity contribution in [1.82, 2.24) is 5.32 Å². The Balaban J connectivity index is 2.58. The van der Waals surface area contributed by atoms with Crippen LogP contribution in [0.3, 0.4) is 0 Å². The van der Waals surface area contributed by atoms with Crippen LogP contribution in [0.1, 0.15) is 43.9 Å². The highest BCUT2D eigenvalue weighted by atomic mass is 16.1. The molecule has 1 N–H and O–H groups in total. The highest BCUT2D eigenvalue weighted by Crippen LogP contribution is 2.37. The van der Waals surface area contributed by atoms with E-state index in [1.165, 1.54) is 5.56 Å². The molecule has 1 aromatic rings. The van der Waals surface area contributed by atoms with Crippen molar-refractivity contribution in [3.8, 4) is 0 Å². The Morgan fingerprint density at radius 1 is 1.31 bits per heavy atom. The number of fused-ring (bicyclic) bond motifs is 1. The lowest BCUT2D eigenvalue weighted by Crippen LogP contribution is -2.25. The molecule has 0 radical (unpaired) electrons. The third-order valence-corrected chi connectivity index (χ3v) is 3.61. The van der Waals surface area contributed by atoms with Crippen molar-refractivity contribution >= 4 is 5.78 Å². The fourth-order valence-electron chi connectivity index (χ4n) is 2.57. The maximum absolute atomic E-state index is 12.0. The van der Waals surface area contributed by atoms with Gasteiger partial charge in [0.25, 0.3) is 0 Å². The second kappa shape index (κ2) is 4.02. The van der Waals surface area contributed by atoms with E-state index in [2.05, 4.69) is 37.4 Å². The van der Waals surface area contributed by atoms with Crippen LogP contribution < -0.4 is 5.32 Å². The number of rotatable bonds is 1. The lowest BCUT2D eigenvalue weighted by atomic mass is 9.79. The molecule has 0 fully saturated rings. The molecule has 1 atom stereocenters. The molecule has 2 rings (SSSR count). The topological polar surface area (TPSA) is 29.1 Å². The zero-order valence-corrected chi connectivity index (χ0v) is 10.2. The summed E-state index contributed by atoms with van der Waals surface area (Å²) in [5, 5.41) is 3.14. The van der Waals surface area contributed by atoms with E-state index in [1.54, 1.807) is 0 Å². The minimum absolute atomic E-state index is 0.0951. The molecule has 0 saturated heterocycles. The number of ketones is 1. The average Bonchev–Trinajstić information content (AvgIpc) is 2.36. The molecule has 86 valence electrons. The molecule has 0 heterocycles. The van der Waals surface area contributed by atoms with Crippen LogP contribution in [0, 0.1) is 0 Å². The van der Waals surface area contributed by atoms with Gasteiger partial charge in [0, 0.05) is 6.42 Å². The van der Waals surface area contributed by atoms with Gasteiger partial charge in [-0.15, -0.1) is 0 Å². The lowest BCUT2D eigenvalue weighted by molar-refractivity contribution is -0.121. The van der Waals surface area contributed by atoms with E-state index in [0.717, 1.165) is 12.0 Å².